The maximum absolute atomic E-state index is 13.8. The molecule has 0 radical (unpaired) electrons. The molecule has 2 bridgehead atoms. The molecule has 5 heterocycles. The molecule has 0 aromatic carbocycles. The molecule has 5 saturated heterocycles. The number of aliphatic hydroxyl groups excluding tert-OH is 13. The molecule has 13 N–H and O–H groups in total. The highest BCUT2D eigenvalue weighted by Crippen LogP contribution is 2.77. The number of esters is 1. The van der Waals surface area contributed by atoms with Gasteiger partial charge in [-0.1, -0.05) is 60.1 Å². The van der Waals surface area contributed by atoms with E-state index in [1.807, 2.05) is 0 Å². The van der Waals surface area contributed by atoms with E-state index >= 15 is 0 Å². The number of carbonyl (C=O) groups is 1. The van der Waals surface area contributed by atoms with Crippen LogP contribution < -0.4 is 0 Å². The first-order chi connectivity index (χ1) is 35.6. The smallest absolute Gasteiger partial charge is 0.315 e. The minimum absolute atomic E-state index is 0.0586. The van der Waals surface area contributed by atoms with Crippen molar-refractivity contribution in [3.63, 3.8) is 0 Å². The second-order valence-corrected chi connectivity index (χ2v) is 26.1. The first kappa shape index (κ1) is 57.6. The second kappa shape index (κ2) is 20.4. The summed E-state index contributed by atoms with van der Waals surface area (Å²) < 4.78 is 54.3. The summed E-state index contributed by atoms with van der Waals surface area (Å²) in [5.41, 5.74) is -1.43. The third-order valence-electron chi connectivity index (χ3n) is 21.5. The normalized spacial score (nSPS) is 55.6. The molecule has 29 atom stereocenters. The molecule has 1 spiro atoms. The number of fused-ring (bicyclic) bond motifs is 7. The van der Waals surface area contributed by atoms with E-state index in [4.69, 9.17) is 42.6 Å². The topological polar surface area (TPSA) is 363 Å². The van der Waals surface area contributed by atoms with Crippen molar-refractivity contribution >= 4 is 5.97 Å². The summed E-state index contributed by atoms with van der Waals surface area (Å²) in [5.74, 6) is -0.175. The van der Waals surface area contributed by atoms with Crippen molar-refractivity contribution in [1.29, 1.82) is 0 Å². The zero-order valence-corrected chi connectivity index (χ0v) is 44.4. The molecule has 9 fully saturated rings. The van der Waals surface area contributed by atoms with Gasteiger partial charge in [-0.25, -0.2) is 0 Å². The Hall–Kier alpha value is -1.63. The zero-order chi connectivity index (χ0) is 55.1. The van der Waals surface area contributed by atoms with Gasteiger partial charge >= 0.3 is 5.97 Å². The van der Waals surface area contributed by atoms with Crippen LogP contribution in [-0.2, 0) is 47.4 Å². The van der Waals surface area contributed by atoms with Crippen molar-refractivity contribution in [3.8, 4) is 0 Å². The number of rotatable bonds is 11. The van der Waals surface area contributed by atoms with Gasteiger partial charge in [0.1, 0.15) is 103 Å². The second-order valence-electron chi connectivity index (χ2n) is 26.1. The molecule has 0 amide bonds. The van der Waals surface area contributed by atoms with Gasteiger partial charge in [0.2, 0.25) is 0 Å². The highest BCUT2D eigenvalue weighted by atomic mass is 16.8. The Morgan fingerprint density at radius 3 is 1.79 bits per heavy atom. The summed E-state index contributed by atoms with van der Waals surface area (Å²) in [5, 5.41) is 141. The molecule has 5 aliphatic heterocycles. The molecule has 0 aromatic rings. The standard InChI is InChI=1S/C53H84O23/c1-48(2)14-22-21-8-9-28-50(5)12-11-30(49(3,4)27(50)10-13-51(28,6)52(21,7)15-29(57)53(22)16-31(48)74-47(53)67)73-46-42(76-44-40(66)37(63)34(60)25(18-55)71-44)38(64)35(61)26(72-46)20-69-45-41(32(58)23(56)19-68-45)75-43-39(65)36(62)33(59)24(17-54)70-43/h8,22-46,54-66H,9-20H2,1-7H3/t22-,23+,24+,25+,26+,27-,28+,29+,30-,31-,32-,33+,34+,35+,36-,37-,38-,39+,40+,41+,42+,43-,44-,45-,46-,50-,51+,52+,53+/m0/s1. The van der Waals surface area contributed by atoms with Crippen LogP contribution in [0.15, 0.2) is 11.6 Å². The third-order valence-corrected chi connectivity index (χ3v) is 21.5. The minimum atomic E-state index is -1.89. The molecule has 76 heavy (non-hydrogen) atoms. The van der Waals surface area contributed by atoms with Gasteiger partial charge in [-0.05, 0) is 84.4 Å². The lowest BCUT2D eigenvalue weighted by molar-refractivity contribution is -0.385. The third kappa shape index (κ3) is 8.74. The van der Waals surface area contributed by atoms with E-state index < -0.39 is 172 Å². The summed E-state index contributed by atoms with van der Waals surface area (Å²) in [7, 11) is 0. The number of ether oxygens (including phenoxy) is 9. The number of hydrogen-bond acceptors (Lipinski definition) is 23. The fourth-order valence-electron chi connectivity index (χ4n) is 16.7. The van der Waals surface area contributed by atoms with Gasteiger partial charge in [0.15, 0.2) is 25.2 Å². The van der Waals surface area contributed by atoms with Crippen molar-refractivity contribution in [3.05, 3.63) is 11.6 Å². The van der Waals surface area contributed by atoms with Crippen LogP contribution in [0, 0.1) is 50.2 Å². The molecule has 23 nitrogen and oxygen atoms in total. The molecular formula is C53H84O23. The average Bonchev–Trinajstić information content (AvgIpc) is 3.79. The van der Waals surface area contributed by atoms with Gasteiger partial charge in [0, 0.05) is 11.8 Å². The molecule has 0 unspecified atom stereocenters. The SMILES string of the molecule is CC1(C)C[C@H]2C3=CC[C@@H]4[C@@]5(C)CC[C@H](O[C@@H]6O[C@H](CO[C@@H]7OC[C@@H](O)[C@H](O)[C@H]7O[C@@H]7O[C@H](CO)[C@@H](O)[C@H](O)[C@H]7O)[C@@H](O)[C@H](O)[C@H]6O[C@@H]6O[C@H](CO)[C@@H](O)[C@H](O)[C@H]6O)C(C)(C)[C@@H]5CC[C@@]4(C)[C@]3(C)C[C@@H](O)[C@@]23C[C@@H]1OC3=O. The lowest BCUT2D eigenvalue weighted by Crippen LogP contribution is -2.68. The van der Waals surface area contributed by atoms with E-state index in [1.165, 1.54) is 5.57 Å². The highest BCUT2D eigenvalue weighted by Gasteiger charge is 2.75. The van der Waals surface area contributed by atoms with Crippen LogP contribution in [0.3, 0.4) is 0 Å². The highest BCUT2D eigenvalue weighted by molar-refractivity contribution is 5.82. The van der Waals surface area contributed by atoms with E-state index in [-0.39, 0.29) is 46.1 Å². The van der Waals surface area contributed by atoms with Crippen LogP contribution in [0.2, 0.25) is 0 Å². The first-order valence-electron chi connectivity index (χ1n) is 27.4. The number of carbonyl (C=O) groups excluding carboxylic acids is 1. The van der Waals surface area contributed by atoms with Gasteiger partial charge in [-0.15, -0.1) is 0 Å². The van der Waals surface area contributed by atoms with Gasteiger partial charge in [0.25, 0.3) is 0 Å². The van der Waals surface area contributed by atoms with Crippen molar-refractivity contribution < 1.29 is 114 Å². The van der Waals surface area contributed by atoms with Crippen LogP contribution in [0.5, 0.6) is 0 Å². The Kier molecular flexibility index (Phi) is 15.4. The van der Waals surface area contributed by atoms with Crippen LogP contribution in [-0.4, -0.2) is 234 Å². The van der Waals surface area contributed by atoms with Crippen molar-refractivity contribution in [2.24, 2.45) is 50.2 Å². The van der Waals surface area contributed by atoms with Gasteiger partial charge in [-0.3, -0.25) is 4.79 Å². The summed E-state index contributed by atoms with van der Waals surface area (Å²) >= 11 is 0. The van der Waals surface area contributed by atoms with Crippen LogP contribution in [0.1, 0.15) is 99.8 Å². The molecule has 23 heteroatoms. The maximum Gasteiger partial charge on any atom is 0.315 e. The van der Waals surface area contributed by atoms with E-state index in [2.05, 4.69) is 54.5 Å². The number of allylic oxidation sites excluding steroid dienone is 2. The Morgan fingerprint density at radius 1 is 0.605 bits per heavy atom. The summed E-state index contributed by atoms with van der Waals surface area (Å²) in [6.45, 7) is 13.0. The fourth-order valence-corrected chi connectivity index (χ4v) is 16.7. The van der Waals surface area contributed by atoms with Crippen LogP contribution >= 0.6 is 0 Å². The largest absolute Gasteiger partial charge is 0.461 e. The van der Waals surface area contributed by atoms with Crippen molar-refractivity contribution in [2.45, 2.75) is 235 Å². The monoisotopic (exact) mass is 1090 g/mol. The summed E-state index contributed by atoms with van der Waals surface area (Å²) in [4.78, 5) is 13.8. The van der Waals surface area contributed by atoms with E-state index in [0.717, 1.165) is 25.7 Å². The number of aliphatic hydroxyl groups is 13. The van der Waals surface area contributed by atoms with Gasteiger partial charge in [0.05, 0.1) is 38.6 Å². The van der Waals surface area contributed by atoms with Gasteiger partial charge < -0.3 is 109 Å². The lowest BCUT2D eigenvalue weighted by Gasteiger charge is -2.71. The van der Waals surface area contributed by atoms with E-state index in [0.29, 0.717) is 25.7 Å². The predicted molar refractivity (Wildman–Crippen MR) is 256 cm³/mol. The maximum atomic E-state index is 13.8. The summed E-state index contributed by atoms with van der Waals surface area (Å²) in [6, 6.07) is 0. The summed E-state index contributed by atoms with van der Waals surface area (Å²) in [6.07, 6.45) is -26.0. The van der Waals surface area contributed by atoms with Gasteiger partial charge in [-0.2, -0.15) is 0 Å². The Balaban J connectivity index is 0.902. The molecule has 10 rings (SSSR count). The molecule has 434 valence electrons. The molecular weight excluding hydrogens is 1000 g/mol. The average molecular weight is 1090 g/mol. The van der Waals surface area contributed by atoms with Crippen molar-refractivity contribution in [2.75, 3.05) is 26.4 Å². The Bertz CT molecular complexity index is 2140. The molecule has 10 aliphatic rings. The Morgan fingerprint density at radius 2 is 1.18 bits per heavy atom. The minimum Gasteiger partial charge on any atom is -0.461 e. The van der Waals surface area contributed by atoms with Crippen LogP contribution in [0.4, 0.5) is 0 Å². The quantitative estimate of drug-likeness (QED) is 0.0582. The lowest BCUT2D eigenvalue weighted by atomic mass is 9.33. The fraction of sp³-hybridized carbons (Fsp3) is 0.943. The number of hydrogen-bond donors (Lipinski definition) is 13. The predicted octanol–water partition coefficient (Wildman–Crippen LogP) is -2.41. The molecule has 4 saturated carbocycles. The van der Waals surface area contributed by atoms with E-state index in [1.54, 1.807) is 0 Å². The molecule has 5 aliphatic carbocycles. The Labute approximate surface area is 441 Å². The van der Waals surface area contributed by atoms with Crippen molar-refractivity contribution in [1.82, 2.24) is 0 Å². The molecule has 0 aromatic heterocycles. The first-order valence-corrected chi connectivity index (χ1v) is 27.4. The zero-order valence-electron chi connectivity index (χ0n) is 44.4. The van der Waals surface area contributed by atoms with Crippen LogP contribution in [0.25, 0.3) is 0 Å². The van der Waals surface area contributed by atoms with E-state index in [9.17, 15) is 71.2 Å².